The van der Waals surface area contributed by atoms with Gasteiger partial charge in [-0.3, -0.25) is 9.59 Å². The summed E-state index contributed by atoms with van der Waals surface area (Å²) in [5, 5.41) is 0. The van der Waals surface area contributed by atoms with Crippen LogP contribution in [0.1, 0.15) is 10.4 Å². The molecule has 1 aliphatic heterocycles. The Labute approximate surface area is 97.2 Å². The van der Waals surface area contributed by atoms with Crippen molar-refractivity contribution in [1.29, 1.82) is 0 Å². The fraction of sp³-hybridized carbons (Fsp3) is 0.111. The van der Waals surface area contributed by atoms with Crippen LogP contribution in [0.2, 0.25) is 0 Å². The largest absolute Gasteiger partial charge is 0.497 e. The van der Waals surface area contributed by atoms with Gasteiger partial charge in [-0.2, -0.15) is 0 Å². The number of Topliss-reactive ketones (excluding diaryl/α,β-unsaturated/α-hetero) is 1. The highest BCUT2D eigenvalue weighted by atomic mass is 19.4. The number of carbonyl (C=O) groups is 2. The van der Waals surface area contributed by atoms with Gasteiger partial charge in [-0.25, -0.2) is 8.78 Å². The summed E-state index contributed by atoms with van der Waals surface area (Å²) in [7, 11) is 0. The number of ketones is 1. The van der Waals surface area contributed by atoms with Crippen LogP contribution in [-0.4, -0.2) is 25.1 Å². The zero-order chi connectivity index (χ0) is 13.7. The van der Waals surface area contributed by atoms with Crippen molar-refractivity contribution >= 4 is 24.4 Å². The van der Waals surface area contributed by atoms with E-state index in [2.05, 4.69) is 0 Å². The van der Waals surface area contributed by atoms with E-state index >= 15 is 0 Å². The summed E-state index contributed by atoms with van der Waals surface area (Å²) in [4.78, 5) is 22.7. The maximum absolute atomic E-state index is 13.3. The summed E-state index contributed by atoms with van der Waals surface area (Å²) in [5.74, 6) is -5.41. The average Bonchev–Trinajstić information content (AvgIpc) is 2.41. The van der Waals surface area contributed by atoms with Crippen molar-refractivity contribution < 1.29 is 31.3 Å². The minimum absolute atomic E-state index is 0.0455. The number of rotatable bonds is 2. The molecule has 96 valence electrons. The van der Waals surface area contributed by atoms with Crippen LogP contribution in [0.15, 0.2) is 12.1 Å². The molecule has 2 rings (SSSR count). The van der Waals surface area contributed by atoms with E-state index in [0.717, 1.165) is 0 Å². The predicted octanol–water partition coefficient (Wildman–Crippen LogP) is 1.88. The fourth-order valence-electron chi connectivity index (χ4n) is 1.72. The summed E-state index contributed by atoms with van der Waals surface area (Å²) >= 11 is 0. The quantitative estimate of drug-likeness (QED) is 0.464. The lowest BCUT2D eigenvalue weighted by Gasteiger charge is -2.23. The monoisotopic (exact) mass is 264 g/mol. The minimum Gasteiger partial charge on any atom is -0.448 e. The highest BCUT2D eigenvalue weighted by molar-refractivity contribution is 6.62. The summed E-state index contributed by atoms with van der Waals surface area (Å²) in [5.41, 5.74) is -1.50. The number of hydrogen-bond donors (Lipinski definition) is 0. The second-order valence-electron chi connectivity index (χ2n) is 3.74. The first-order valence-electron chi connectivity index (χ1n) is 4.77. The van der Waals surface area contributed by atoms with Crippen molar-refractivity contribution in [3.63, 3.8) is 0 Å². The van der Waals surface area contributed by atoms with Gasteiger partial charge < -0.3 is 17.8 Å². The van der Waals surface area contributed by atoms with Gasteiger partial charge in [-0.15, -0.1) is 0 Å². The summed E-state index contributed by atoms with van der Waals surface area (Å²) in [6.45, 7) is -5.41. The van der Waals surface area contributed by atoms with E-state index in [4.69, 9.17) is 0 Å². The standard InChI is InChI=1S/C9H4BF5NO2/c11-4-1-5(12)7-6(2-4)16(3-10(13,14)15)9(18)8(7)17/h1-2H,3H2/q-1. The molecule has 0 N–H and O–H groups in total. The van der Waals surface area contributed by atoms with Crippen LogP contribution in [0.3, 0.4) is 0 Å². The van der Waals surface area contributed by atoms with E-state index in [1.54, 1.807) is 0 Å². The van der Waals surface area contributed by atoms with Crippen molar-refractivity contribution in [1.82, 2.24) is 0 Å². The normalized spacial score (nSPS) is 15.3. The number of amides is 1. The molecular weight excluding hydrogens is 260 g/mol. The van der Waals surface area contributed by atoms with Crippen molar-refractivity contribution in [2.75, 3.05) is 11.3 Å². The number of hydrogen-bond acceptors (Lipinski definition) is 2. The van der Waals surface area contributed by atoms with Gasteiger partial charge in [-0.1, -0.05) is 0 Å². The molecule has 0 spiro atoms. The van der Waals surface area contributed by atoms with Gasteiger partial charge in [0.1, 0.15) is 11.6 Å². The van der Waals surface area contributed by atoms with Crippen LogP contribution in [-0.2, 0) is 4.79 Å². The Kier molecular flexibility index (Phi) is 2.64. The molecule has 18 heavy (non-hydrogen) atoms. The Morgan fingerprint density at radius 3 is 2.28 bits per heavy atom. The lowest BCUT2D eigenvalue weighted by molar-refractivity contribution is -0.114. The van der Waals surface area contributed by atoms with E-state index in [9.17, 15) is 31.3 Å². The highest BCUT2D eigenvalue weighted by Crippen LogP contribution is 2.33. The number of benzene rings is 1. The third-order valence-electron chi connectivity index (χ3n) is 2.38. The van der Waals surface area contributed by atoms with Crippen LogP contribution in [0, 0.1) is 11.6 Å². The third kappa shape index (κ3) is 1.96. The topological polar surface area (TPSA) is 37.4 Å². The smallest absolute Gasteiger partial charge is 0.448 e. The van der Waals surface area contributed by atoms with Gasteiger partial charge in [0.15, 0.2) is 0 Å². The Morgan fingerprint density at radius 2 is 1.72 bits per heavy atom. The maximum Gasteiger partial charge on any atom is 0.497 e. The van der Waals surface area contributed by atoms with Crippen LogP contribution >= 0.6 is 0 Å². The first-order chi connectivity index (χ1) is 8.20. The molecule has 0 saturated carbocycles. The summed E-state index contributed by atoms with van der Waals surface area (Å²) in [6.07, 6.45) is -1.71. The predicted molar refractivity (Wildman–Crippen MR) is 52.1 cm³/mol. The fourth-order valence-corrected chi connectivity index (χ4v) is 1.72. The molecule has 3 nitrogen and oxygen atoms in total. The molecule has 1 amide bonds. The molecule has 0 radical (unpaired) electrons. The molecule has 0 fully saturated rings. The van der Waals surface area contributed by atoms with Gasteiger partial charge in [0.05, 0.1) is 11.3 Å². The first-order valence-corrected chi connectivity index (χ1v) is 4.77. The lowest BCUT2D eigenvalue weighted by atomic mass is 9.91. The maximum atomic E-state index is 13.3. The zero-order valence-electron chi connectivity index (χ0n) is 8.59. The number of fused-ring (bicyclic) bond motifs is 1. The molecule has 1 aromatic rings. The Hall–Kier alpha value is -1.93. The molecule has 9 heteroatoms. The average molecular weight is 264 g/mol. The van der Waals surface area contributed by atoms with Crippen LogP contribution in [0.5, 0.6) is 0 Å². The van der Waals surface area contributed by atoms with E-state index in [-0.39, 0.29) is 4.90 Å². The van der Waals surface area contributed by atoms with Crippen LogP contribution in [0.25, 0.3) is 0 Å². The van der Waals surface area contributed by atoms with Gasteiger partial charge in [-0.05, 0) is 12.5 Å². The molecular formula is C9H4BF5NO2-. The minimum atomic E-state index is -5.41. The second kappa shape index (κ2) is 3.79. The summed E-state index contributed by atoms with van der Waals surface area (Å²) < 4.78 is 63.0. The van der Waals surface area contributed by atoms with E-state index < -0.39 is 48.0 Å². The van der Waals surface area contributed by atoms with Gasteiger partial charge >= 0.3 is 6.98 Å². The molecule has 1 heterocycles. The molecule has 0 atom stereocenters. The molecule has 0 aliphatic carbocycles. The highest BCUT2D eigenvalue weighted by Gasteiger charge is 2.42. The molecule has 0 saturated heterocycles. The molecule has 0 bridgehead atoms. The number of halogens is 5. The zero-order valence-corrected chi connectivity index (χ0v) is 8.59. The number of nitrogens with zero attached hydrogens (tertiary/aromatic N) is 1. The Morgan fingerprint density at radius 1 is 1.11 bits per heavy atom. The van der Waals surface area contributed by atoms with Crippen molar-refractivity contribution in [2.24, 2.45) is 0 Å². The Bertz CT molecular complexity index is 557. The van der Waals surface area contributed by atoms with Gasteiger partial charge in [0.2, 0.25) is 0 Å². The van der Waals surface area contributed by atoms with Crippen molar-refractivity contribution in [2.45, 2.75) is 0 Å². The van der Waals surface area contributed by atoms with Gasteiger partial charge in [0, 0.05) is 6.07 Å². The first kappa shape index (κ1) is 12.5. The molecule has 1 aliphatic rings. The van der Waals surface area contributed by atoms with Crippen molar-refractivity contribution in [3.8, 4) is 0 Å². The summed E-state index contributed by atoms with van der Waals surface area (Å²) in [6, 6.07) is 0.870. The van der Waals surface area contributed by atoms with E-state index in [1.807, 2.05) is 0 Å². The Balaban J connectivity index is 2.55. The van der Waals surface area contributed by atoms with Crippen LogP contribution < -0.4 is 4.90 Å². The second-order valence-corrected chi connectivity index (χ2v) is 3.74. The van der Waals surface area contributed by atoms with Gasteiger partial charge in [0.25, 0.3) is 11.7 Å². The van der Waals surface area contributed by atoms with E-state index in [1.165, 1.54) is 0 Å². The van der Waals surface area contributed by atoms with E-state index in [0.29, 0.717) is 12.1 Å². The SMILES string of the molecule is O=C1C(=O)N(C[B-](F)(F)F)c2cc(F)cc(F)c21. The number of anilines is 1. The molecule has 0 unspecified atom stereocenters. The van der Waals surface area contributed by atoms with Crippen LogP contribution in [0.4, 0.5) is 27.4 Å². The van der Waals surface area contributed by atoms with Crippen molar-refractivity contribution in [3.05, 3.63) is 29.3 Å². The number of carbonyl (C=O) groups excluding carboxylic acids is 2. The molecule has 0 aromatic heterocycles. The third-order valence-corrected chi connectivity index (χ3v) is 2.38. The molecule has 1 aromatic carbocycles. The lowest BCUT2D eigenvalue weighted by Crippen LogP contribution is -2.41.